The summed E-state index contributed by atoms with van der Waals surface area (Å²) >= 11 is 0. The van der Waals surface area contributed by atoms with Crippen molar-refractivity contribution in [1.29, 1.82) is 0 Å². The summed E-state index contributed by atoms with van der Waals surface area (Å²) in [4.78, 5) is 39.2. The van der Waals surface area contributed by atoms with Gasteiger partial charge < -0.3 is 14.9 Å². The topological polar surface area (TPSA) is 77.9 Å². The third-order valence-corrected chi connectivity index (χ3v) is 5.71. The molecule has 0 bridgehead atoms. The summed E-state index contributed by atoms with van der Waals surface area (Å²) in [6.45, 7) is 2.84. The fraction of sp³-hybridized carbons (Fsp3) is 0.842. The van der Waals surface area contributed by atoms with Crippen molar-refractivity contribution in [3.8, 4) is 0 Å². The molecule has 0 aromatic heterocycles. The second kappa shape index (κ2) is 9.20. The minimum atomic E-state index is -0.844. The summed E-state index contributed by atoms with van der Waals surface area (Å²) in [5, 5.41) is 9.13. The SMILES string of the molecule is CC(CC1CCCCC1)C(=O)N(C)CC(=O)N1CCCC(C(=O)O)C1. The largest absolute Gasteiger partial charge is 0.481 e. The molecule has 2 rings (SSSR count). The van der Waals surface area contributed by atoms with Crippen LogP contribution in [0.4, 0.5) is 0 Å². The van der Waals surface area contributed by atoms with Crippen molar-refractivity contribution >= 4 is 17.8 Å². The Morgan fingerprint density at radius 1 is 1.12 bits per heavy atom. The molecule has 1 saturated carbocycles. The zero-order valence-electron chi connectivity index (χ0n) is 15.6. The van der Waals surface area contributed by atoms with Crippen LogP contribution in [0.3, 0.4) is 0 Å². The highest BCUT2D eigenvalue weighted by Crippen LogP contribution is 2.29. The normalized spacial score (nSPS) is 23.1. The van der Waals surface area contributed by atoms with Crippen LogP contribution in [-0.2, 0) is 14.4 Å². The fourth-order valence-corrected chi connectivity index (χ4v) is 4.19. The van der Waals surface area contributed by atoms with E-state index in [1.54, 1.807) is 11.9 Å². The van der Waals surface area contributed by atoms with Crippen molar-refractivity contribution in [3.63, 3.8) is 0 Å². The summed E-state index contributed by atoms with van der Waals surface area (Å²) in [6, 6.07) is 0. The number of likely N-dealkylation sites (N-methyl/N-ethyl adjacent to an activating group) is 1. The number of carboxylic acid groups (broad SMARTS) is 1. The predicted molar refractivity (Wildman–Crippen MR) is 94.9 cm³/mol. The van der Waals surface area contributed by atoms with Crippen LogP contribution in [0.25, 0.3) is 0 Å². The van der Waals surface area contributed by atoms with Gasteiger partial charge in [-0.2, -0.15) is 0 Å². The number of hydrogen-bond donors (Lipinski definition) is 1. The van der Waals surface area contributed by atoms with Crippen LogP contribution >= 0.6 is 0 Å². The number of piperidine rings is 1. The average molecular weight is 352 g/mol. The third-order valence-electron chi connectivity index (χ3n) is 5.71. The maximum atomic E-state index is 12.6. The number of aliphatic carboxylic acids is 1. The van der Waals surface area contributed by atoms with Gasteiger partial charge in [0.25, 0.3) is 0 Å². The minimum absolute atomic E-state index is 0.0192. The van der Waals surface area contributed by atoms with Crippen molar-refractivity contribution in [2.24, 2.45) is 17.8 Å². The lowest BCUT2D eigenvalue weighted by molar-refractivity contribution is -0.148. The highest BCUT2D eigenvalue weighted by atomic mass is 16.4. The molecule has 0 spiro atoms. The van der Waals surface area contributed by atoms with Crippen molar-refractivity contribution in [2.45, 2.75) is 58.3 Å². The van der Waals surface area contributed by atoms with Crippen LogP contribution in [0.15, 0.2) is 0 Å². The molecule has 2 fully saturated rings. The first-order valence-electron chi connectivity index (χ1n) is 9.64. The van der Waals surface area contributed by atoms with Crippen LogP contribution < -0.4 is 0 Å². The van der Waals surface area contributed by atoms with E-state index in [-0.39, 0.29) is 30.8 Å². The summed E-state index contributed by atoms with van der Waals surface area (Å²) in [6.07, 6.45) is 8.49. The molecular weight excluding hydrogens is 320 g/mol. The third kappa shape index (κ3) is 5.72. The Morgan fingerprint density at radius 2 is 1.80 bits per heavy atom. The molecule has 1 N–H and O–H groups in total. The Morgan fingerprint density at radius 3 is 2.44 bits per heavy atom. The van der Waals surface area contributed by atoms with Gasteiger partial charge in [-0.05, 0) is 25.2 Å². The highest BCUT2D eigenvalue weighted by molar-refractivity contribution is 5.86. The number of nitrogens with zero attached hydrogens (tertiary/aromatic N) is 2. The summed E-state index contributed by atoms with van der Waals surface area (Å²) in [7, 11) is 1.68. The molecule has 1 aliphatic carbocycles. The molecular formula is C19H32N2O4. The van der Waals surface area contributed by atoms with Crippen LogP contribution in [0.2, 0.25) is 0 Å². The molecule has 1 heterocycles. The van der Waals surface area contributed by atoms with Crippen molar-refractivity contribution in [1.82, 2.24) is 9.80 Å². The maximum absolute atomic E-state index is 12.6. The molecule has 2 amide bonds. The van der Waals surface area contributed by atoms with Crippen LogP contribution in [0.1, 0.15) is 58.3 Å². The summed E-state index contributed by atoms with van der Waals surface area (Å²) in [5.74, 6) is -0.881. The molecule has 1 saturated heterocycles. The number of amides is 2. The van der Waals surface area contributed by atoms with Crippen LogP contribution in [-0.4, -0.2) is 59.4 Å². The molecule has 2 unspecified atom stereocenters. The molecule has 0 aromatic carbocycles. The lowest BCUT2D eigenvalue weighted by atomic mass is 9.83. The van der Waals surface area contributed by atoms with Gasteiger partial charge in [0.15, 0.2) is 0 Å². The van der Waals surface area contributed by atoms with E-state index in [1.165, 1.54) is 37.0 Å². The van der Waals surface area contributed by atoms with E-state index < -0.39 is 11.9 Å². The number of hydrogen-bond acceptors (Lipinski definition) is 3. The molecule has 0 aromatic rings. The predicted octanol–water partition coefficient (Wildman–Crippen LogP) is 2.37. The van der Waals surface area contributed by atoms with E-state index in [4.69, 9.17) is 5.11 Å². The number of carbonyl (C=O) groups is 3. The Hall–Kier alpha value is -1.59. The van der Waals surface area contributed by atoms with E-state index in [1.807, 2.05) is 6.92 Å². The molecule has 2 atom stereocenters. The molecule has 0 radical (unpaired) electrons. The molecule has 142 valence electrons. The highest BCUT2D eigenvalue weighted by Gasteiger charge is 2.30. The number of likely N-dealkylation sites (tertiary alicyclic amines) is 1. The zero-order chi connectivity index (χ0) is 18.4. The smallest absolute Gasteiger partial charge is 0.308 e. The second-order valence-corrected chi connectivity index (χ2v) is 7.85. The lowest BCUT2D eigenvalue weighted by Crippen LogP contribution is -2.47. The van der Waals surface area contributed by atoms with Gasteiger partial charge in [0.05, 0.1) is 12.5 Å². The maximum Gasteiger partial charge on any atom is 0.308 e. The zero-order valence-corrected chi connectivity index (χ0v) is 15.6. The Kier molecular flexibility index (Phi) is 7.26. The Labute approximate surface area is 150 Å². The van der Waals surface area contributed by atoms with Gasteiger partial charge in [0.1, 0.15) is 0 Å². The first kappa shape index (κ1) is 19.7. The average Bonchev–Trinajstić information content (AvgIpc) is 2.61. The van der Waals surface area contributed by atoms with Gasteiger partial charge in [-0.3, -0.25) is 14.4 Å². The fourth-order valence-electron chi connectivity index (χ4n) is 4.19. The van der Waals surface area contributed by atoms with Crippen molar-refractivity contribution in [2.75, 3.05) is 26.7 Å². The van der Waals surface area contributed by atoms with E-state index in [2.05, 4.69) is 0 Å². The van der Waals surface area contributed by atoms with E-state index in [9.17, 15) is 14.4 Å². The molecule has 1 aliphatic heterocycles. The minimum Gasteiger partial charge on any atom is -0.481 e. The van der Waals surface area contributed by atoms with E-state index in [0.29, 0.717) is 25.3 Å². The first-order chi connectivity index (χ1) is 11.9. The summed E-state index contributed by atoms with van der Waals surface area (Å²) < 4.78 is 0. The van der Waals surface area contributed by atoms with Crippen molar-refractivity contribution < 1.29 is 19.5 Å². The Bertz CT molecular complexity index is 488. The summed E-state index contributed by atoms with van der Waals surface area (Å²) in [5.41, 5.74) is 0. The quantitative estimate of drug-likeness (QED) is 0.796. The van der Waals surface area contributed by atoms with E-state index >= 15 is 0 Å². The molecule has 25 heavy (non-hydrogen) atoms. The van der Waals surface area contributed by atoms with Gasteiger partial charge in [-0.25, -0.2) is 0 Å². The van der Waals surface area contributed by atoms with Gasteiger partial charge >= 0.3 is 5.97 Å². The molecule has 6 heteroatoms. The number of rotatable bonds is 6. The van der Waals surface area contributed by atoms with Gasteiger partial charge in [0, 0.05) is 26.1 Å². The first-order valence-corrected chi connectivity index (χ1v) is 9.64. The number of carbonyl (C=O) groups excluding carboxylic acids is 2. The van der Waals surface area contributed by atoms with Gasteiger partial charge in [-0.15, -0.1) is 0 Å². The standard InChI is InChI=1S/C19H32N2O4/c1-14(11-15-7-4-3-5-8-15)18(23)20(2)13-17(22)21-10-6-9-16(12-21)19(24)25/h14-16H,3-13H2,1-2H3,(H,24,25). The van der Waals surface area contributed by atoms with Gasteiger partial charge in [0.2, 0.25) is 11.8 Å². The van der Waals surface area contributed by atoms with E-state index in [0.717, 1.165) is 6.42 Å². The Balaban J connectivity index is 1.80. The lowest BCUT2D eigenvalue weighted by Gasteiger charge is -2.32. The van der Waals surface area contributed by atoms with Gasteiger partial charge in [-0.1, -0.05) is 39.0 Å². The molecule has 6 nitrogen and oxygen atoms in total. The monoisotopic (exact) mass is 352 g/mol. The second-order valence-electron chi connectivity index (χ2n) is 7.85. The van der Waals surface area contributed by atoms with Crippen LogP contribution in [0, 0.1) is 17.8 Å². The van der Waals surface area contributed by atoms with Crippen LogP contribution in [0.5, 0.6) is 0 Å². The van der Waals surface area contributed by atoms with Crippen molar-refractivity contribution in [3.05, 3.63) is 0 Å². The number of carboxylic acids is 1. The molecule has 2 aliphatic rings.